The van der Waals surface area contributed by atoms with Gasteiger partial charge >= 0.3 is 6.09 Å². The van der Waals surface area contributed by atoms with E-state index in [1.165, 1.54) is 119 Å². The zero-order valence-electron chi connectivity index (χ0n) is 32.6. The minimum absolute atomic E-state index is 0.0634. The predicted molar refractivity (Wildman–Crippen MR) is 211 cm³/mol. The number of carbonyl (C=O) groups is 1. The Balaban J connectivity index is 0.958. The van der Waals surface area contributed by atoms with Gasteiger partial charge in [-0.25, -0.2) is 4.79 Å². The molecule has 0 heterocycles. The number of ether oxygens (including phenoxy) is 6. The van der Waals surface area contributed by atoms with Gasteiger partial charge in [0, 0.05) is 25.7 Å². The molecule has 0 radical (unpaired) electrons. The van der Waals surface area contributed by atoms with Gasteiger partial charge in [0.1, 0.15) is 6.61 Å². The summed E-state index contributed by atoms with van der Waals surface area (Å²) >= 11 is 0. The predicted octanol–water partition coefficient (Wildman–Crippen LogP) is 10.3. The van der Waals surface area contributed by atoms with Gasteiger partial charge in [0.05, 0.1) is 52.9 Å². The van der Waals surface area contributed by atoms with Crippen molar-refractivity contribution < 1.29 is 33.2 Å². The third-order valence-electron chi connectivity index (χ3n) is 9.71. The monoisotopic (exact) mass is 726 g/mol. The van der Waals surface area contributed by atoms with Crippen LogP contribution in [0.2, 0.25) is 0 Å². The first kappa shape index (κ1) is 43.9. The molecule has 0 saturated heterocycles. The molecular weight excluding hydrogens is 654 g/mol. The Bertz CT molecular complexity index is 1100. The summed E-state index contributed by atoms with van der Waals surface area (Å²) in [6.07, 6.45) is 22.5. The Hall–Kier alpha value is -2.49. The molecule has 2 aromatic rings. The highest BCUT2D eigenvalue weighted by Crippen LogP contribution is 2.44. The Labute approximate surface area is 316 Å². The lowest BCUT2D eigenvalue weighted by Gasteiger charge is -2.14. The SMILES string of the molecule is CCCCCCCCCCCCCCCCCCOCCOCCOCCOCCOCCCNC(=O)OCC1c2ccccc2-c2ccccc21. The molecule has 0 saturated carbocycles. The van der Waals surface area contributed by atoms with E-state index < -0.39 is 6.09 Å². The van der Waals surface area contributed by atoms with Gasteiger partial charge in [-0.15, -0.1) is 0 Å². The lowest BCUT2D eigenvalue weighted by Crippen LogP contribution is -2.27. The van der Waals surface area contributed by atoms with Gasteiger partial charge in [-0.1, -0.05) is 152 Å². The van der Waals surface area contributed by atoms with Gasteiger partial charge in [-0.3, -0.25) is 0 Å². The molecule has 1 aliphatic rings. The molecule has 1 aliphatic carbocycles. The Morgan fingerprint density at radius 1 is 0.481 bits per heavy atom. The third-order valence-corrected chi connectivity index (χ3v) is 9.71. The summed E-state index contributed by atoms with van der Waals surface area (Å²) in [6.45, 7) is 8.92. The third kappa shape index (κ3) is 20.1. The van der Waals surface area contributed by atoms with Crippen molar-refractivity contribution in [3.05, 3.63) is 59.7 Å². The highest BCUT2D eigenvalue weighted by Gasteiger charge is 2.28. The molecule has 8 nitrogen and oxygen atoms in total. The summed E-state index contributed by atoms with van der Waals surface area (Å²) < 4.78 is 33.6. The Morgan fingerprint density at radius 2 is 0.846 bits per heavy atom. The number of hydrogen-bond donors (Lipinski definition) is 1. The molecule has 0 atom stereocenters. The molecule has 1 amide bonds. The lowest BCUT2D eigenvalue weighted by molar-refractivity contribution is -0.0113. The highest BCUT2D eigenvalue weighted by atomic mass is 16.6. The van der Waals surface area contributed by atoms with E-state index in [4.69, 9.17) is 28.4 Å². The standard InChI is InChI=1S/C44H71NO7/c1-2-3-4-5-6-7-8-9-10-11-12-13-14-15-16-21-28-47-30-32-49-34-36-51-37-35-50-33-31-48-29-22-27-45-44(46)52-38-43-41-25-19-17-23-39(41)40-24-18-20-26-42(40)43/h17-20,23-26,43H,2-16,21-22,27-38H2,1H3,(H,45,46). The summed E-state index contributed by atoms with van der Waals surface area (Å²) in [5.41, 5.74) is 4.86. The zero-order valence-corrected chi connectivity index (χ0v) is 32.6. The van der Waals surface area contributed by atoms with E-state index in [9.17, 15) is 4.79 Å². The van der Waals surface area contributed by atoms with E-state index in [1.807, 2.05) is 24.3 Å². The smallest absolute Gasteiger partial charge is 0.407 e. The first-order valence-corrected chi connectivity index (χ1v) is 20.8. The maximum absolute atomic E-state index is 12.3. The molecule has 2 aromatic carbocycles. The molecule has 0 fully saturated rings. The second-order valence-electron chi connectivity index (χ2n) is 14.0. The van der Waals surface area contributed by atoms with Crippen LogP contribution in [0.4, 0.5) is 4.79 Å². The normalized spacial score (nSPS) is 12.2. The summed E-state index contributed by atoms with van der Waals surface area (Å²) in [6, 6.07) is 16.7. The van der Waals surface area contributed by atoms with Gasteiger partial charge < -0.3 is 33.7 Å². The van der Waals surface area contributed by atoms with E-state index in [-0.39, 0.29) is 5.92 Å². The number of unbranched alkanes of at least 4 members (excludes halogenated alkanes) is 15. The van der Waals surface area contributed by atoms with Gasteiger partial charge in [0.25, 0.3) is 0 Å². The zero-order chi connectivity index (χ0) is 36.6. The average molecular weight is 726 g/mol. The van der Waals surface area contributed by atoms with Crippen LogP contribution in [0.1, 0.15) is 133 Å². The van der Waals surface area contributed by atoms with E-state index in [1.54, 1.807) is 0 Å². The van der Waals surface area contributed by atoms with Gasteiger partial charge in [-0.2, -0.15) is 0 Å². The molecule has 294 valence electrons. The van der Waals surface area contributed by atoms with Crippen LogP contribution in [0.15, 0.2) is 48.5 Å². The number of hydrogen-bond acceptors (Lipinski definition) is 7. The van der Waals surface area contributed by atoms with E-state index in [2.05, 4.69) is 36.5 Å². The molecule has 3 rings (SSSR count). The second kappa shape index (κ2) is 30.9. The minimum Gasteiger partial charge on any atom is -0.449 e. The number of nitrogens with one attached hydrogen (secondary N) is 1. The van der Waals surface area contributed by atoms with Crippen LogP contribution in [0.5, 0.6) is 0 Å². The van der Waals surface area contributed by atoms with Crippen LogP contribution in [-0.4, -0.2) is 85.3 Å². The number of rotatable bonds is 35. The quantitative estimate of drug-likeness (QED) is 0.0708. The van der Waals surface area contributed by atoms with E-state index >= 15 is 0 Å². The molecule has 0 aromatic heterocycles. The van der Waals surface area contributed by atoms with E-state index in [0.717, 1.165) is 13.0 Å². The van der Waals surface area contributed by atoms with Crippen LogP contribution in [0.3, 0.4) is 0 Å². The Morgan fingerprint density at radius 3 is 1.29 bits per heavy atom. The van der Waals surface area contributed by atoms with Crippen molar-refractivity contribution in [2.45, 2.75) is 122 Å². The number of benzene rings is 2. The summed E-state index contributed by atoms with van der Waals surface area (Å²) in [7, 11) is 0. The lowest BCUT2D eigenvalue weighted by atomic mass is 9.98. The fourth-order valence-corrected chi connectivity index (χ4v) is 6.75. The second-order valence-corrected chi connectivity index (χ2v) is 14.0. The minimum atomic E-state index is -0.398. The van der Waals surface area contributed by atoms with Crippen molar-refractivity contribution in [2.24, 2.45) is 0 Å². The van der Waals surface area contributed by atoms with Crippen LogP contribution in [-0.2, 0) is 28.4 Å². The Kier molecular flexibility index (Phi) is 26.1. The molecular formula is C44H71NO7. The van der Waals surface area contributed by atoms with E-state index in [0.29, 0.717) is 79.0 Å². The number of amides is 1. The first-order valence-electron chi connectivity index (χ1n) is 20.8. The number of fused-ring (bicyclic) bond motifs is 3. The number of alkyl carbamates (subject to hydrolysis) is 1. The molecule has 0 spiro atoms. The molecule has 8 heteroatoms. The van der Waals surface area contributed by atoms with Crippen LogP contribution < -0.4 is 5.32 Å². The largest absolute Gasteiger partial charge is 0.449 e. The molecule has 0 aliphatic heterocycles. The topological polar surface area (TPSA) is 84.5 Å². The van der Waals surface area contributed by atoms with Crippen molar-refractivity contribution in [1.82, 2.24) is 5.32 Å². The summed E-state index contributed by atoms with van der Waals surface area (Å²) in [4.78, 5) is 12.3. The fraction of sp³-hybridized carbons (Fsp3) is 0.705. The fourth-order valence-electron chi connectivity index (χ4n) is 6.75. The molecule has 52 heavy (non-hydrogen) atoms. The van der Waals surface area contributed by atoms with Crippen molar-refractivity contribution >= 4 is 6.09 Å². The maximum atomic E-state index is 12.3. The van der Waals surface area contributed by atoms with Crippen molar-refractivity contribution in [3.63, 3.8) is 0 Å². The molecule has 0 unspecified atom stereocenters. The van der Waals surface area contributed by atoms with Crippen molar-refractivity contribution in [3.8, 4) is 11.1 Å². The highest BCUT2D eigenvalue weighted by molar-refractivity contribution is 5.79. The summed E-state index contributed by atoms with van der Waals surface area (Å²) in [5.74, 6) is 0.0634. The van der Waals surface area contributed by atoms with Gasteiger partial charge in [-0.05, 0) is 35.1 Å². The van der Waals surface area contributed by atoms with Crippen LogP contribution in [0, 0.1) is 0 Å². The van der Waals surface area contributed by atoms with Crippen LogP contribution >= 0.6 is 0 Å². The van der Waals surface area contributed by atoms with Gasteiger partial charge in [0.2, 0.25) is 0 Å². The number of carbonyl (C=O) groups excluding carboxylic acids is 1. The van der Waals surface area contributed by atoms with Crippen molar-refractivity contribution in [1.29, 1.82) is 0 Å². The summed E-state index contributed by atoms with van der Waals surface area (Å²) in [5, 5.41) is 2.82. The molecule has 1 N–H and O–H groups in total. The van der Waals surface area contributed by atoms with Crippen molar-refractivity contribution in [2.75, 3.05) is 79.2 Å². The maximum Gasteiger partial charge on any atom is 0.407 e. The average Bonchev–Trinajstić information content (AvgIpc) is 3.49. The van der Waals surface area contributed by atoms with Crippen LogP contribution in [0.25, 0.3) is 11.1 Å². The van der Waals surface area contributed by atoms with Gasteiger partial charge in [0.15, 0.2) is 0 Å². The first-order chi connectivity index (χ1) is 25.8. The molecule has 0 bridgehead atoms.